The molecule has 5 heteroatoms. The number of carbonyl (C=O) groups excluding carboxylic acids is 2. The Labute approximate surface area is 130 Å². The normalized spacial score (nSPS) is 40.3. The molecule has 0 aromatic heterocycles. The summed E-state index contributed by atoms with van der Waals surface area (Å²) in [5.41, 5.74) is -0.587. The van der Waals surface area contributed by atoms with Crippen molar-refractivity contribution in [3.05, 3.63) is 12.2 Å². The molecular formula is C17H23NO4. The van der Waals surface area contributed by atoms with E-state index in [0.717, 1.165) is 12.8 Å². The van der Waals surface area contributed by atoms with E-state index in [4.69, 9.17) is 9.47 Å². The molecule has 5 nitrogen and oxygen atoms in total. The average Bonchev–Trinajstić information content (AvgIpc) is 3.17. The molecule has 4 rings (SSSR count). The second kappa shape index (κ2) is 5.08. The van der Waals surface area contributed by atoms with E-state index in [-0.39, 0.29) is 23.9 Å². The van der Waals surface area contributed by atoms with E-state index in [1.807, 2.05) is 17.1 Å². The van der Waals surface area contributed by atoms with E-state index in [0.29, 0.717) is 19.2 Å². The maximum Gasteiger partial charge on any atom is 0.312 e. The van der Waals surface area contributed by atoms with Gasteiger partial charge in [0.25, 0.3) is 0 Å². The second-order valence-corrected chi connectivity index (χ2v) is 6.91. The molecule has 1 amide bonds. The highest BCUT2D eigenvalue weighted by molar-refractivity contribution is 5.91. The number of esters is 1. The van der Waals surface area contributed by atoms with Gasteiger partial charge in [-0.1, -0.05) is 31.4 Å². The molecule has 4 aliphatic rings. The van der Waals surface area contributed by atoms with Crippen molar-refractivity contribution in [2.75, 3.05) is 13.2 Å². The molecule has 120 valence electrons. The van der Waals surface area contributed by atoms with E-state index in [1.54, 1.807) is 6.92 Å². The van der Waals surface area contributed by atoms with Crippen molar-refractivity contribution in [2.45, 2.75) is 56.8 Å². The Morgan fingerprint density at radius 1 is 1.41 bits per heavy atom. The summed E-state index contributed by atoms with van der Waals surface area (Å²) in [6, 6.07) is 0.320. The number of hydrogen-bond acceptors (Lipinski definition) is 4. The second-order valence-electron chi connectivity index (χ2n) is 6.91. The smallest absolute Gasteiger partial charge is 0.312 e. The fourth-order valence-corrected chi connectivity index (χ4v) is 4.74. The summed E-state index contributed by atoms with van der Waals surface area (Å²) in [6.07, 6.45) is 9.45. The molecule has 3 aliphatic heterocycles. The van der Waals surface area contributed by atoms with Gasteiger partial charge >= 0.3 is 5.97 Å². The van der Waals surface area contributed by atoms with E-state index in [2.05, 4.69) is 0 Å². The standard InChI is InChI=1S/C17H23NO4/c1-2-21-16(20)13-12-8-9-17(22-12)10-18(15(19)14(13)17)11-6-4-3-5-7-11/h8-9,11-14H,2-7,10H2,1H3/t12-,13-,14-,17+/m0/s1. The van der Waals surface area contributed by atoms with Crippen LogP contribution in [0.15, 0.2) is 12.2 Å². The lowest BCUT2D eigenvalue weighted by molar-refractivity contribution is -0.153. The van der Waals surface area contributed by atoms with Crippen molar-refractivity contribution in [3.63, 3.8) is 0 Å². The molecule has 2 saturated heterocycles. The Bertz CT molecular complexity index is 525. The van der Waals surface area contributed by atoms with Crippen LogP contribution in [0.2, 0.25) is 0 Å². The SMILES string of the molecule is CCOC(=O)[C@H]1[C@@H]2C=C[C@]3(CN(C4CCCCC4)C(=O)[C@H]13)O2. The molecule has 3 heterocycles. The van der Waals surface area contributed by atoms with E-state index < -0.39 is 11.5 Å². The number of nitrogens with zero attached hydrogens (tertiary/aromatic N) is 1. The summed E-state index contributed by atoms with van der Waals surface area (Å²) in [5, 5.41) is 0. The summed E-state index contributed by atoms with van der Waals surface area (Å²) in [5.74, 6) is -1.05. The molecular weight excluding hydrogens is 282 g/mol. The third-order valence-electron chi connectivity index (χ3n) is 5.70. The van der Waals surface area contributed by atoms with Crippen molar-refractivity contribution >= 4 is 11.9 Å². The molecule has 1 spiro atoms. The third kappa shape index (κ3) is 1.87. The van der Waals surface area contributed by atoms with E-state index in [9.17, 15) is 9.59 Å². The van der Waals surface area contributed by atoms with Crippen molar-refractivity contribution in [2.24, 2.45) is 11.8 Å². The minimum absolute atomic E-state index is 0.0943. The van der Waals surface area contributed by atoms with Gasteiger partial charge < -0.3 is 14.4 Å². The molecule has 1 saturated carbocycles. The maximum atomic E-state index is 13.0. The first-order valence-electron chi connectivity index (χ1n) is 8.50. The summed E-state index contributed by atoms with van der Waals surface area (Å²) >= 11 is 0. The molecule has 1 aliphatic carbocycles. The lowest BCUT2D eigenvalue weighted by atomic mass is 9.77. The zero-order chi connectivity index (χ0) is 15.3. The van der Waals surface area contributed by atoms with Crippen LogP contribution in [0.25, 0.3) is 0 Å². The lowest BCUT2D eigenvalue weighted by Gasteiger charge is -2.32. The van der Waals surface area contributed by atoms with Crippen LogP contribution < -0.4 is 0 Å². The first kappa shape index (κ1) is 14.2. The highest BCUT2D eigenvalue weighted by Crippen LogP contribution is 2.53. The minimum atomic E-state index is -0.587. The zero-order valence-corrected chi connectivity index (χ0v) is 13.0. The van der Waals surface area contributed by atoms with Crippen molar-refractivity contribution in [1.82, 2.24) is 4.90 Å². The Hall–Kier alpha value is -1.36. The van der Waals surface area contributed by atoms with Gasteiger partial charge in [0.15, 0.2) is 0 Å². The average molecular weight is 305 g/mol. The molecule has 3 fully saturated rings. The highest BCUT2D eigenvalue weighted by Gasteiger charge is 2.67. The summed E-state index contributed by atoms with van der Waals surface area (Å²) < 4.78 is 11.3. The highest BCUT2D eigenvalue weighted by atomic mass is 16.6. The van der Waals surface area contributed by atoms with Crippen LogP contribution in [0.5, 0.6) is 0 Å². The Morgan fingerprint density at radius 2 is 2.18 bits per heavy atom. The van der Waals surface area contributed by atoms with E-state index >= 15 is 0 Å². The van der Waals surface area contributed by atoms with Crippen LogP contribution in [-0.4, -0.2) is 47.7 Å². The van der Waals surface area contributed by atoms with Gasteiger partial charge in [0.2, 0.25) is 5.91 Å². The largest absolute Gasteiger partial charge is 0.466 e. The number of carbonyl (C=O) groups is 2. The van der Waals surface area contributed by atoms with Crippen LogP contribution >= 0.6 is 0 Å². The fraction of sp³-hybridized carbons (Fsp3) is 0.765. The maximum absolute atomic E-state index is 13.0. The van der Waals surface area contributed by atoms with Gasteiger partial charge in [0.05, 0.1) is 25.2 Å². The predicted molar refractivity (Wildman–Crippen MR) is 78.9 cm³/mol. The molecule has 0 unspecified atom stereocenters. The van der Waals surface area contributed by atoms with Crippen LogP contribution in [0.1, 0.15) is 39.0 Å². The van der Waals surface area contributed by atoms with Gasteiger partial charge in [-0.2, -0.15) is 0 Å². The number of hydrogen-bond donors (Lipinski definition) is 0. The van der Waals surface area contributed by atoms with Gasteiger partial charge in [0, 0.05) is 6.04 Å². The number of likely N-dealkylation sites (tertiary alicyclic amines) is 1. The van der Waals surface area contributed by atoms with Gasteiger partial charge in [0.1, 0.15) is 11.5 Å². The monoisotopic (exact) mass is 305 g/mol. The number of rotatable bonds is 3. The van der Waals surface area contributed by atoms with E-state index in [1.165, 1.54) is 19.3 Å². The fourth-order valence-electron chi connectivity index (χ4n) is 4.74. The van der Waals surface area contributed by atoms with Crippen LogP contribution in [0, 0.1) is 11.8 Å². The molecule has 0 aromatic carbocycles. The molecule has 2 bridgehead atoms. The summed E-state index contributed by atoms with van der Waals surface area (Å²) in [6.45, 7) is 2.73. The molecule has 0 aromatic rings. The molecule has 22 heavy (non-hydrogen) atoms. The lowest BCUT2D eigenvalue weighted by Crippen LogP contribution is -2.42. The van der Waals surface area contributed by atoms with Crippen LogP contribution in [-0.2, 0) is 19.1 Å². The topological polar surface area (TPSA) is 55.8 Å². The van der Waals surface area contributed by atoms with Gasteiger partial charge in [-0.3, -0.25) is 9.59 Å². The minimum Gasteiger partial charge on any atom is -0.466 e. The van der Waals surface area contributed by atoms with Gasteiger partial charge in [-0.05, 0) is 19.8 Å². The van der Waals surface area contributed by atoms with Gasteiger partial charge in [-0.15, -0.1) is 0 Å². The number of amides is 1. The quantitative estimate of drug-likeness (QED) is 0.588. The van der Waals surface area contributed by atoms with Crippen molar-refractivity contribution < 1.29 is 19.1 Å². The van der Waals surface area contributed by atoms with Crippen molar-refractivity contribution in [3.8, 4) is 0 Å². The summed E-state index contributed by atoms with van der Waals surface area (Å²) in [7, 11) is 0. The predicted octanol–water partition coefficient (Wildman–Crippen LogP) is 1.66. The number of ether oxygens (including phenoxy) is 2. The number of fused-ring (bicyclic) bond motifs is 1. The zero-order valence-electron chi connectivity index (χ0n) is 13.0. The van der Waals surface area contributed by atoms with Gasteiger partial charge in [-0.25, -0.2) is 0 Å². The first-order valence-corrected chi connectivity index (χ1v) is 8.50. The Balaban J connectivity index is 1.60. The molecule has 4 atom stereocenters. The third-order valence-corrected chi connectivity index (χ3v) is 5.70. The van der Waals surface area contributed by atoms with Crippen LogP contribution in [0.4, 0.5) is 0 Å². The Morgan fingerprint density at radius 3 is 2.91 bits per heavy atom. The van der Waals surface area contributed by atoms with Crippen LogP contribution in [0.3, 0.4) is 0 Å². The van der Waals surface area contributed by atoms with Crippen molar-refractivity contribution in [1.29, 1.82) is 0 Å². The first-order chi connectivity index (χ1) is 10.7. The molecule has 0 N–H and O–H groups in total. The molecule has 0 radical (unpaired) electrons. The summed E-state index contributed by atoms with van der Waals surface area (Å²) in [4.78, 5) is 27.3. The Kier molecular flexibility index (Phi) is 3.29.